The molecule has 2 aromatic rings. The molecule has 0 heterocycles. The molecule has 0 aliphatic rings. The molecule has 0 aliphatic carbocycles. The van der Waals surface area contributed by atoms with Crippen LogP contribution >= 0.6 is 11.8 Å². The highest BCUT2D eigenvalue weighted by molar-refractivity contribution is 7.99. The Bertz CT molecular complexity index is 581. The van der Waals surface area contributed by atoms with Gasteiger partial charge in [-0.05, 0) is 55.3 Å². The number of anilines is 1. The van der Waals surface area contributed by atoms with E-state index in [-0.39, 0.29) is 11.5 Å². The number of hydrogen-bond donors (Lipinski definition) is 1. The molecule has 2 aromatic carbocycles. The third kappa shape index (κ3) is 4.17. The first-order chi connectivity index (χ1) is 9.54. The number of rotatable bonds is 5. The average molecular weight is 291 g/mol. The molecule has 106 valence electrons. The summed E-state index contributed by atoms with van der Waals surface area (Å²) in [5, 5.41) is 0. The van der Waals surface area contributed by atoms with E-state index >= 15 is 0 Å². The van der Waals surface area contributed by atoms with Crippen LogP contribution < -0.4 is 10.5 Å². The molecule has 20 heavy (non-hydrogen) atoms. The van der Waals surface area contributed by atoms with Crippen LogP contribution in [0.4, 0.5) is 10.1 Å². The highest BCUT2D eigenvalue weighted by atomic mass is 32.2. The molecule has 0 saturated carbocycles. The fourth-order valence-electron chi connectivity index (χ4n) is 1.93. The summed E-state index contributed by atoms with van der Waals surface area (Å²) < 4.78 is 19.0. The zero-order valence-corrected chi connectivity index (χ0v) is 12.5. The van der Waals surface area contributed by atoms with Crippen LogP contribution in [0.5, 0.6) is 5.75 Å². The SMILES string of the molecule is Cc1cc(C)cc(OCCSc2ccc(N)c(F)c2)c1. The maximum absolute atomic E-state index is 13.3. The van der Waals surface area contributed by atoms with Crippen LogP contribution in [0.15, 0.2) is 41.3 Å². The first-order valence-corrected chi connectivity index (χ1v) is 7.42. The van der Waals surface area contributed by atoms with Crippen molar-refractivity contribution in [3.05, 3.63) is 53.3 Å². The maximum atomic E-state index is 13.3. The summed E-state index contributed by atoms with van der Waals surface area (Å²) in [5.41, 5.74) is 8.00. The van der Waals surface area contributed by atoms with E-state index in [1.54, 1.807) is 17.8 Å². The number of hydrogen-bond acceptors (Lipinski definition) is 3. The molecule has 2 rings (SSSR count). The van der Waals surface area contributed by atoms with Gasteiger partial charge in [-0.25, -0.2) is 4.39 Å². The summed E-state index contributed by atoms with van der Waals surface area (Å²) in [6, 6.07) is 11.0. The lowest BCUT2D eigenvalue weighted by molar-refractivity contribution is 0.343. The minimum atomic E-state index is -0.370. The Morgan fingerprint density at radius 1 is 1.10 bits per heavy atom. The number of thioether (sulfide) groups is 1. The molecule has 0 fully saturated rings. The van der Waals surface area contributed by atoms with Crippen LogP contribution in [0.3, 0.4) is 0 Å². The number of ether oxygens (including phenoxy) is 1. The number of aryl methyl sites for hydroxylation is 2. The van der Waals surface area contributed by atoms with Gasteiger partial charge in [-0.1, -0.05) is 6.07 Å². The predicted octanol–water partition coefficient (Wildman–Crippen LogP) is 4.20. The second-order valence-electron chi connectivity index (χ2n) is 4.70. The minimum Gasteiger partial charge on any atom is -0.493 e. The van der Waals surface area contributed by atoms with Gasteiger partial charge >= 0.3 is 0 Å². The largest absolute Gasteiger partial charge is 0.493 e. The van der Waals surface area contributed by atoms with Crippen LogP contribution in [-0.2, 0) is 0 Å². The Labute approximate surface area is 123 Å². The third-order valence-corrected chi connectivity index (χ3v) is 3.75. The zero-order valence-electron chi connectivity index (χ0n) is 11.7. The lowest BCUT2D eigenvalue weighted by Gasteiger charge is -2.08. The van der Waals surface area contributed by atoms with Crippen LogP contribution in [-0.4, -0.2) is 12.4 Å². The molecule has 0 amide bonds. The van der Waals surface area contributed by atoms with Gasteiger partial charge in [0, 0.05) is 10.6 Å². The van der Waals surface area contributed by atoms with Gasteiger partial charge in [0.25, 0.3) is 0 Å². The Balaban J connectivity index is 1.82. The van der Waals surface area contributed by atoms with Gasteiger partial charge in [-0.2, -0.15) is 0 Å². The summed E-state index contributed by atoms with van der Waals surface area (Å²) >= 11 is 1.55. The van der Waals surface area contributed by atoms with E-state index in [1.165, 1.54) is 17.2 Å². The molecule has 0 radical (unpaired) electrons. The lowest BCUT2D eigenvalue weighted by atomic mass is 10.1. The number of nitrogen functional groups attached to an aromatic ring is 1. The van der Waals surface area contributed by atoms with Gasteiger partial charge in [-0.3, -0.25) is 0 Å². The van der Waals surface area contributed by atoms with Crippen LogP contribution in [0.25, 0.3) is 0 Å². The van der Waals surface area contributed by atoms with Gasteiger partial charge in [0.05, 0.1) is 12.3 Å². The molecule has 0 atom stereocenters. The smallest absolute Gasteiger partial charge is 0.147 e. The standard InChI is InChI=1S/C16H18FNOS/c1-11-7-12(2)9-13(8-11)19-5-6-20-14-3-4-16(18)15(17)10-14/h3-4,7-10H,5-6,18H2,1-2H3. The van der Waals surface area contributed by atoms with Crippen LogP contribution in [0.2, 0.25) is 0 Å². The van der Waals surface area contributed by atoms with Crippen molar-refractivity contribution in [2.24, 2.45) is 0 Å². The van der Waals surface area contributed by atoms with Crippen molar-refractivity contribution in [1.82, 2.24) is 0 Å². The average Bonchev–Trinajstić information content (AvgIpc) is 2.38. The number of benzene rings is 2. The molecule has 0 aromatic heterocycles. The molecular weight excluding hydrogens is 273 g/mol. The Morgan fingerprint density at radius 2 is 1.80 bits per heavy atom. The van der Waals surface area contributed by atoms with E-state index in [0.29, 0.717) is 6.61 Å². The van der Waals surface area contributed by atoms with Crippen molar-refractivity contribution >= 4 is 17.4 Å². The van der Waals surface area contributed by atoms with Gasteiger partial charge in [0.15, 0.2) is 0 Å². The van der Waals surface area contributed by atoms with E-state index in [0.717, 1.165) is 16.4 Å². The van der Waals surface area contributed by atoms with Gasteiger partial charge in [-0.15, -0.1) is 11.8 Å². The lowest BCUT2D eigenvalue weighted by Crippen LogP contribution is -2.00. The van der Waals surface area contributed by atoms with Gasteiger partial charge in [0.2, 0.25) is 0 Å². The second kappa shape index (κ2) is 6.66. The van der Waals surface area contributed by atoms with E-state index in [2.05, 4.69) is 6.07 Å². The van der Waals surface area contributed by atoms with Gasteiger partial charge in [0.1, 0.15) is 11.6 Å². The molecule has 2 N–H and O–H groups in total. The third-order valence-electron chi connectivity index (χ3n) is 2.79. The van der Waals surface area contributed by atoms with Crippen molar-refractivity contribution in [1.29, 1.82) is 0 Å². The second-order valence-corrected chi connectivity index (χ2v) is 5.87. The Hall–Kier alpha value is -1.68. The molecule has 0 spiro atoms. The van der Waals surface area contributed by atoms with Crippen LogP contribution in [0.1, 0.15) is 11.1 Å². The number of halogens is 1. The molecule has 4 heteroatoms. The van der Waals surface area contributed by atoms with E-state index in [9.17, 15) is 4.39 Å². The topological polar surface area (TPSA) is 35.2 Å². The van der Waals surface area contributed by atoms with Crippen molar-refractivity contribution in [2.75, 3.05) is 18.1 Å². The summed E-state index contributed by atoms with van der Waals surface area (Å²) in [7, 11) is 0. The molecule has 0 aliphatic heterocycles. The fourth-order valence-corrected chi connectivity index (χ4v) is 2.69. The predicted molar refractivity (Wildman–Crippen MR) is 82.9 cm³/mol. The molecule has 2 nitrogen and oxygen atoms in total. The minimum absolute atomic E-state index is 0.181. The molecule has 0 bridgehead atoms. The first-order valence-electron chi connectivity index (χ1n) is 6.43. The van der Waals surface area contributed by atoms with E-state index in [4.69, 9.17) is 10.5 Å². The highest BCUT2D eigenvalue weighted by Gasteiger charge is 2.01. The van der Waals surface area contributed by atoms with Crippen molar-refractivity contribution in [3.8, 4) is 5.75 Å². The summed E-state index contributed by atoms with van der Waals surface area (Å²) in [5.74, 6) is 1.27. The fraction of sp³-hybridized carbons (Fsp3) is 0.250. The van der Waals surface area contributed by atoms with Crippen molar-refractivity contribution in [2.45, 2.75) is 18.7 Å². The quantitative estimate of drug-likeness (QED) is 0.509. The molecular formula is C16H18FNOS. The van der Waals surface area contributed by atoms with E-state index in [1.807, 2.05) is 32.0 Å². The van der Waals surface area contributed by atoms with E-state index < -0.39 is 0 Å². The Kier molecular flexibility index (Phi) is 4.90. The first kappa shape index (κ1) is 14.7. The van der Waals surface area contributed by atoms with Crippen molar-refractivity contribution in [3.63, 3.8) is 0 Å². The normalized spacial score (nSPS) is 10.6. The van der Waals surface area contributed by atoms with Crippen LogP contribution in [0, 0.1) is 19.7 Å². The molecule has 0 unspecified atom stereocenters. The maximum Gasteiger partial charge on any atom is 0.147 e. The molecule has 0 saturated heterocycles. The number of nitrogens with two attached hydrogens (primary N) is 1. The summed E-state index contributed by atoms with van der Waals surface area (Å²) in [6.45, 7) is 4.68. The monoisotopic (exact) mass is 291 g/mol. The van der Waals surface area contributed by atoms with Gasteiger partial charge < -0.3 is 10.5 Å². The summed E-state index contributed by atoms with van der Waals surface area (Å²) in [4.78, 5) is 0.862. The highest BCUT2D eigenvalue weighted by Crippen LogP contribution is 2.22. The zero-order chi connectivity index (χ0) is 14.5. The summed E-state index contributed by atoms with van der Waals surface area (Å²) in [6.07, 6.45) is 0. The Morgan fingerprint density at radius 3 is 2.45 bits per heavy atom. The van der Waals surface area contributed by atoms with Crippen molar-refractivity contribution < 1.29 is 9.13 Å².